The van der Waals surface area contributed by atoms with Crippen LogP contribution in [0.5, 0.6) is 0 Å². The second-order valence-electron chi connectivity index (χ2n) is 6.41. The monoisotopic (exact) mass is 340 g/mol. The van der Waals surface area contributed by atoms with Crippen LogP contribution in [0.15, 0.2) is 54.6 Å². The second kappa shape index (κ2) is 7.49. The van der Waals surface area contributed by atoms with E-state index in [9.17, 15) is 9.18 Å². The number of anilines is 1. The van der Waals surface area contributed by atoms with Gasteiger partial charge in [-0.25, -0.2) is 9.18 Å². The lowest BCUT2D eigenvalue weighted by molar-refractivity contribution is -0.131. The first-order valence-corrected chi connectivity index (χ1v) is 8.30. The Labute approximate surface area is 146 Å². The average molecular weight is 340 g/mol. The first kappa shape index (κ1) is 17.2. The van der Waals surface area contributed by atoms with E-state index in [-0.39, 0.29) is 11.4 Å². The number of hydrogen-bond acceptors (Lipinski definition) is 3. The molecule has 4 nitrogen and oxygen atoms in total. The summed E-state index contributed by atoms with van der Waals surface area (Å²) >= 11 is 0. The molecule has 25 heavy (non-hydrogen) atoms. The number of nitrogens with one attached hydrogen (secondary N) is 2. The molecule has 3 rings (SSSR count). The molecule has 1 aliphatic heterocycles. The molecule has 2 aromatic carbocycles. The molecule has 0 radical (unpaired) electrons. The fourth-order valence-corrected chi connectivity index (χ4v) is 3.22. The quantitative estimate of drug-likeness (QED) is 0.706. The zero-order valence-corrected chi connectivity index (χ0v) is 13.8. The van der Waals surface area contributed by atoms with Crippen molar-refractivity contribution in [2.45, 2.75) is 18.4 Å². The number of halogens is 1. The van der Waals surface area contributed by atoms with Crippen molar-refractivity contribution in [2.24, 2.45) is 0 Å². The van der Waals surface area contributed by atoms with Crippen molar-refractivity contribution < 1.29 is 14.3 Å². The van der Waals surface area contributed by atoms with Crippen LogP contribution in [0.4, 0.5) is 10.1 Å². The molecule has 0 unspecified atom stereocenters. The zero-order valence-electron chi connectivity index (χ0n) is 13.8. The van der Waals surface area contributed by atoms with Crippen LogP contribution in [0.3, 0.4) is 0 Å². The molecule has 3 N–H and O–H groups in total. The van der Waals surface area contributed by atoms with Crippen LogP contribution in [-0.2, 0) is 11.2 Å². The molecule has 0 spiro atoms. The van der Waals surface area contributed by atoms with Gasteiger partial charge < -0.3 is 15.7 Å². The molecule has 1 saturated heterocycles. The Kier molecular flexibility index (Phi) is 5.14. The summed E-state index contributed by atoms with van der Waals surface area (Å²) in [5.74, 6) is -1.44. The van der Waals surface area contributed by atoms with Gasteiger partial charge in [-0.1, -0.05) is 36.4 Å². The van der Waals surface area contributed by atoms with E-state index in [0.717, 1.165) is 32.0 Å². The van der Waals surface area contributed by atoms with Gasteiger partial charge in [-0.3, -0.25) is 0 Å². The highest BCUT2D eigenvalue weighted by Crippen LogP contribution is 2.28. The summed E-state index contributed by atoms with van der Waals surface area (Å²) in [6.45, 7) is 1.66. The van der Waals surface area contributed by atoms with Crippen LogP contribution in [0.25, 0.3) is 6.08 Å². The molecule has 0 bridgehead atoms. The van der Waals surface area contributed by atoms with Crippen LogP contribution >= 0.6 is 0 Å². The fraction of sp³-hybridized carbons (Fsp3) is 0.250. The topological polar surface area (TPSA) is 61.4 Å². The van der Waals surface area contributed by atoms with Crippen molar-refractivity contribution >= 4 is 17.7 Å². The Morgan fingerprint density at radius 1 is 1.28 bits per heavy atom. The third-order valence-corrected chi connectivity index (χ3v) is 4.44. The lowest BCUT2D eigenvalue weighted by Gasteiger charge is -2.31. The summed E-state index contributed by atoms with van der Waals surface area (Å²) in [5, 5.41) is 15.4. The lowest BCUT2D eigenvalue weighted by atomic mass is 9.89. The smallest absolute Gasteiger partial charge is 0.328 e. The molecule has 1 fully saturated rings. The number of rotatable bonds is 6. The maximum absolute atomic E-state index is 14.5. The summed E-state index contributed by atoms with van der Waals surface area (Å²) in [5.41, 5.74) is 1.93. The van der Waals surface area contributed by atoms with E-state index in [1.807, 2.05) is 18.2 Å². The number of carboxylic acids is 1. The minimum atomic E-state index is -1.05. The van der Waals surface area contributed by atoms with E-state index in [1.165, 1.54) is 17.7 Å². The van der Waals surface area contributed by atoms with Crippen LogP contribution in [0, 0.1) is 5.82 Å². The van der Waals surface area contributed by atoms with Gasteiger partial charge in [0, 0.05) is 12.6 Å². The number of hydrogen-bond donors (Lipinski definition) is 3. The molecule has 130 valence electrons. The normalized spacial score (nSPS) is 20.0. The molecule has 1 heterocycles. The first-order chi connectivity index (χ1) is 12.1. The standard InChI is InChI=1S/C20H21FN2O2/c21-17-12-15(7-9-19(24)25)6-8-18(17)23-20(10-11-22-14-20)13-16-4-2-1-3-5-16/h1-9,12,22-23H,10-11,13-14H2,(H,24,25)/t20-/m0/s1. The Morgan fingerprint density at radius 3 is 2.72 bits per heavy atom. The molecular weight excluding hydrogens is 319 g/mol. The van der Waals surface area contributed by atoms with Gasteiger partial charge in [0.25, 0.3) is 0 Å². The molecule has 5 heteroatoms. The maximum Gasteiger partial charge on any atom is 0.328 e. The highest BCUT2D eigenvalue weighted by Gasteiger charge is 2.34. The van der Waals surface area contributed by atoms with Crippen LogP contribution in [0.1, 0.15) is 17.5 Å². The maximum atomic E-state index is 14.5. The fourth-order valence-electron chi connectivity index (χ4n) is 3.22. The third kappa shape index (κ3) is 4.45. The number of aliphatic carboxylic acids is 1. The van der Waals surface area contributed by atoms with Crippen molar-refractivity contribution in [3.8, 4) is 0 Å². The third-order valence-electron chi connectivity index (χ3n) is 4.44. The van der Waals surface area contributed by atoms with Gasteiger partial charge >= 0.3 is 5.97 Å². The molecule has 0 aromatic heterocycles. The SMILES string of the molecule is O=C(O)C=Cc1ccc(N[C@]2(Cc3ccccc3)CCNC2)c(F)c1. The molecule has 0 amide bonds. The van der Waals surface area contributed by atoms with Gasteiger partial charge in [0.2, 0.25) is 0 Å². The minimum Gasteiger partial charge on any atom is -0.478 e. The van der Waals surface area contributed by atoms with Gasteiger partial charge in [0.1, 0.15) is 5.82 Å². The Balaban J connectivity index is 1.79. The van der Waals surface area contributed by atoms with E-state index < -0.39 is 5.97 Å². The van der Waals surface area contributed by atoms with Crippen LogP contribution in [0.2, 0.25) is 0 Å². The van der Waals surface area contributed by atoms with Crippen molar-refractivity contribution in [2.75, 3.05) is 18.4 Å². The Morgan fingerprint density at radius 2 is 2.08 bits per heavy atom. The summed E-state index contributed by atoms with van der Waals surface area (Å²) in [7, 11) is 0. The summed E-state index contributed by atoms with van der Waals surface area (Å²) < 4.78 is 14.5. The van der Waals surface area contributed by atoms with Gasteiger partial charge in [-0.05, 0) is 48.7 Å². The van der Waals surface area contributed by atoms with Crippen LogP contribution < -0.4 is 10.6 Å². The van der Waals surface area contributed by atoms with E-state index >= 15 is 0 Å². The van der Waals surface area contributed by atoms with Crippen LogP contribution in [-0.4, -0.2) is 29.7 Å². The molecule has 1 aliphatic rings. The number of benzene rings is 2. The van der Waals surface area contributed by atoms with Crippen molar-refractivity contribution in [3.63, 3.8) is 0 Å². The predicted molar refractivity (Wildman–Crippen MR) is 97.1 cm³/mol. The highest BCUT2D eigenvalue weighted by molar-refractivity contribution is 5.85. The second-order valence-corrected chi connectivity index (χ2v) is 6.41. The zero-order chi connectivity index (χ0) is 17.7. The Bertz CT molecular complexity index is 769. The van der Waals surface area contributed by atoms with E-state index in [4.69, 9.17) is 5.11 Å². The lowest BCUT2D eigenvalue weighted by Crippen LogP contribution is -2.43. The van der Waals surface area contributed by atoms with E-state index in [0.29, 0.717) is 11.3 Å². The summed E-state index contributed by atoms with van der Waals surface area (Å²) in [6, 6.07) is 14.9. The largest absolute Gasteiger partial charge is 0.478 e. The van der Waals surface area contributed by atoms with Crippen molar-refractivity contribution in [1.29, 1.82) is 0 Å². The molecule has 2 aromatic rings. The van der Waals surface area contributed by atoms with Gasteiger partial charge in [-0.2, -0.15) is 0 Å². The Hall–Kier alpha value is -2.66. The highest BCUT2D eigenvalue weighted by atomic mass is 19.1. The van der Waals surface area contributed by atoms with Crippen molar-refractivity contribution in [1.82, 2.24) is 5.32 Å². The predicted octanol–water partition coefficient (Wildman–Crippen LogP) is 3.31. The number of carbonyl (C=O) groups is 1. The molecular formula is C20H21FN2O2. The number of carboxylic acid groups (broad SMARTS) is 1. The van der Waals surface area contributed by atoms with Gasteiger partial charge in [-0.15, -0.1) is 0 Å². The van der Waals surface area contributed by atoms with Gasteiger partial charge in [0.05, 0.1) is 11.2 Å². The molecule has 1 atom stereocenters. The average Bonchev–Trinajstić information content (AvgIpc) is 3.04. The van der Waals surface area contributed by atoms with Gasteiger partial charge in [0.15, 0.2) is 0 Å². The summed E-state index contributed by atoms with van der Waals surface area (Å²) in [4.78, 5) is 10.6. The van der Waals surface area contributed by atoms with E-state index in [2.05, 4.69) is 22.8 Å². The molecule has 0 aliphatic carbocycles. The molecule has 0 saturated carbocycles. The minimum absolute atomic E-state index is 0.236. The van der Waals surface area contributed by atoms with E-state index in [1.54, 1.807) is 12.1 Å². The summed E-state index contributed by atoms with van der Waals surface area (Å²) in [6.07, 6.45) is 4.09. The van der Waals surface area contributed by atoms with Crippen molar-refractivity contribution in [3.05, 3.63) is 71.6 Å². The first-order valence-electron chi connectivity index (χ1n) is 8.30.